The molecule has 0 aliphatic heterocycles. The zero-order valence-corrected chi connectivity index (χ0v) is 10.5. The van der Waals surface area contributed by atoms with E-state index in [0.717, 1.165) is 31.4 Å². The molecule has 0 aromatic heterocycles. The molecule has 1 fully saturated rings. The van der Waals surface area contributed by atoms with Gasteiger partial charge in [0.15, 0.2) is 0 Å². The fourth-order valence-corrected chi connectivity index (χ4v) is 2.35. The van der Waals surface area contributed by atoms with Crippen molar-refractivity contribution in [3.05, 3.63) is 30.3 Å². The third-order valence-electron chi connectivity index (χ3n) is 3.33. The Kier molecular flexibility index (Phi) is 4.33. The standard InChI is InChI=1S/C14H20N2O2/c17-13(16-12-6-2-1-3-7-12)10-15-11-14(18)8-4-5-9-14/h1-3,6-7,15,18H,4-5,8-11H2,(H,16,17). The van der Waals surface area contributed by atoms with Crippen LogP contribution in [-0.2, 0) is 4.79 Å². The first kappa shape index (κ1) is 13.1. The highest BCUT2D eigenvalue weighted by molar-refractivity contribution is 5.92. The summed E-state index contributed by atoms with van der Waals surface area (Å²) in [5.74, 6) is -0.0807. The van der Waals surface area contributed by atoms with E-state index >= 15 is 0 Å². The number of aliphatic hydroxyl groups is 1. The van der Waals surface area contributed by atoms with E-state index in [1.807, 2.05) is 30.3 Å². The van der Waals surface area contributed by atoms with Crippen molar-refractivity contribution in [2.45, 2.75) is 31.3 Å². The van der Waals surface area contributed by atoms with Gasteiger partial charge in [-0.05, 0) is 25.0 Å². The van der Waals surface area contributed by atoms with Crippen LogP contribution in [0.2, 0.25) is 0 Å². The van der Waals surface area contributed by atoms with E-state index in [0.29, 0.717) is 6.54 Å². The van der Waals surface area contributed by atoms with Gasteiger partial charge in [-0.2, -0.15) is 0 Å². The largest absolute Gasteiger partial charge is 0.389 e. The minimum Gasteiger partial charge on any atom is -0.389 e. The smallest absolute Gasteiger partial charge is 0.238 e. The lowest BCUT2D eigenvalue weighted by Crippen LogP contribution is -2.41. The average molecular weight is 248 g/mol. The van der Waals surface area contributed by atoms with Gasteiger partial charge in [0.1, 0.15) is 0 Å². The maximum absolute atomic E-state index is 11.6. The van der Waals surface area contributed by atoms with E-state index in [4.69, 9.17) is 0 Å². The third-order valence-corrected chi connectivity index (χ3v) is 3.33. The van der Waals surface area contributed by atoms with Gasteiger partial charge in [0.05, 0.1) is 12.1 Å². The summed E-state index contributed by atoms with van der Waals surface area (Å²) in [6, 6.07) is 9.36. The van der Waals surface area contributed by atoms with Gasteiger partial charge in [-0.25, -0.2) is 0 Å². The molecule has 1 aliphatic rings. The van der Waals surface area contributed by atoms with Crippen LogP contribution in [0.25, 0.3) is 0 Å². The molecule has 0 radical (unpaired) electrons. The minimum atomic E-state index is -0.604. The molecule has 4 nitrogen and oxygen atoms in total. The summed E-state index contributed by atoms with van der Waals surface area (Å²) >= 11 is 0. The van der Waals surface area contributed by atoms with Crippen molar-refractivity contribution in [2.75, 3.05) is 18.4 Å². The molecule has 0 bridgehead atoms. The van der Waals surface area contributed by atoms with Crippen molar-refractivity contribution in [1.82, 2.24) is 5.32 Å². The molecule has 1 aromatic rings. The van der Waals surface area contributed by atoms with Gasteiger partial charge in [-0.15, -0.1) is 0 Å². The minimum absolute atomic E-state index is 0.0807. The molecule has 3 N–H and O–H groups in total. The van der Waals surface area contributed by atoms with Crippen LogP contribution in [-0.4, -0.2) is 29.7 Å². The lowest BCUT2D eigenvalue weighted by molar-refractivity contribution is -0.115. The predicted octanol–water partition coefficient (Wildman–Crippen LogP) is 1.52. The Morgan fingerprint density at radius 1 is 1.22 bits per heavy atom. The number of anilines is 1. The summed E-state index contributed by atoms with van der Waals surface area (Å²) in [5, 5.41) is 15.9. The highest BCUT2D eigenvalue weighted by Crippen LogP contribution is 2.28. The summed E-state index contributed by atoms with van der Waals surface area (Å²) in [4.78, 5) is 11.6. The van der Waals surface area contributed by atoms with Crippen LogP contribution in [0.15, 0.2) is 30.3 Å². The summed E-state index contributed by atoms with van der Waals surface area (Å²) in [7, 11) is 0. The molecule has 0 heterocycles. The first-order valence-electron chi connectivity index (χ1n) is 6.46. The van der Waals surface area contributed by atoms with Crippen molar-refractivity contribution >= 4 is 11.6 Å². The number of rotatable bonds is 5. The molecule has 0 spiro atoms. The van der Waals surface area contributed by atoms with Gasteiger partial charge >= 0.3 is 0 Å². The first-order chi connectivity index (χ1) is 8.68. The van der Waals surface area contributed by atoms with Crippen molar-refractivity contribution in [2.24, 2.45) is 0 Å². The number of carbonyl (C=O) groups excluding carboxylic acids is 1. The Balaban J connectivity index is 1.69. The van der Waals surface area contributed by atoms with E-state index in [9.17, 15) is 9.90 Å². The number of para-hydroxylation sites is 1. The SMILES string of the molecule is O=C(CNCC1(O)CCCC1)Nc1ccccc1. The van der Waals surface area contributed by atoms with Crippen LogP contribution >= 0.6 is 0 Å². The molecule has 1 aliphatic carbocycles. The zero-order valence-electron chi connectivity index (χ0n) is 10.5. The fraction of sp³-hybridized carbons (Fsp3) is 0.500. The van der Waals surface area contributed by atoms with E-state index < -0.39 is 5.60 Å². The number of hydrogen-bond acceptors (Lipinski definition) is 3. The summed E-state index contributed by atoms with van der Waals surface area (Å²) < 4.78 is 0. The van der Waals surface area contributed by atoms with Gasteiger partial charge in [0.2, 0.25) is 5.91 Å². The summed E-state index contributed by atoms with van der Waals surface area (Å²) in [6.45, 7) is 0.729. The van der Waals surface area contributed by atoms with Crippen LogP contribution in [0.5, 0.6) is 0 Å². The second-order valence-electron chi connectivity index (χ2n) is 4.95. The molecule has 98 valence electrons. The number of benzene rings is 1. The monoisotopic (exact) mass is 248 g/mol. The molecular weight excluding hydrogens is 228 g/mol. The zero-order chi connectivity index (χ0) is 12.8. The van der Waals surface area contributed by atoms with Crippen molar-refractivity contribution in [3.63, 3.8) is 0 Å². The quantitative estimate of drug-likeness (QED) is 0.740. The lowest BCUT2D eigenvalue weighted by Gasteiger charge is -2.22. The molecule has 1 aromatic carbocycles. The van der Waals surface area contributed by atoms with E-state index in [-0.39, 0.29) is 12.5 Å². The Morgan fingerprint density at radius 2 is 1.89 bits per heavy atom. The summed E-state index contributed by atoms with van der Waals surface area (Å²) in [5.41, 5.74) is 0.191. The van der Waals surface area contributed by atoms with Gasteiger partial charge in [0.25, 0.3) is 0 Å². The highest BCUT2D eigenvalue weighted by Gasteiger charge is 2.30. The lowest BCUT2D eigenvalue weighted by atomic mass is 10.0. The normalized spacial score (nSPS) is 17.6. The van der Waals surface area contributed by atoms with Crippen LogP contribution in [0.3, 0.4) is 0 Å². The van der Waals surface area contributed by atoms with Crippen molar-refractivity contribution in [3.8, 4) is 0 Å². The summed E-state index contributed by atoms with van der Waals surface area (Å²) in [6.07, 6.45) is 3.82. The van der Waals surface area contributed by atoms with Crippen LogP contribution in [0.1, 0.15) is 25.7 Å². The predicted molar refractivity (Wildman–Crippen MR) is 71.4 cm³/mol. The fourth-order valence-electron chi connectivity index (χ4n) is 2.35. The average Bonchev–Trinajstić information content (AvgIpc) is 2.77. The number of nitrogens with one attached hydrogen (secondary N) is 2. The first-order valence-corrected chi connectivity index (χ1v) is 6.46. The molecular formula is C14H20N2O2. The van der Waals surface area contributed by atoms with Gasteiger partial charge < -0.3 is 15.7 Å². The van der Waals surface area contributed by atoms with Crippen LogP contribution < -0.4 is 10.6 Å². The Hall–Kier alpha value is -1.39. The number of hydrogen-bond donors (Lipinski definition) is 3. The van der Waals surface area contributed by atoms with Crippen LogP contribution in [0, 0.1) is 0 Å². The maximum Gasteiger partial charge on any atom is 0.238 e. The number of amides is 1. The number of carbonyl (C=O) groups is 1. The topological polar surface area (TPSA) is 61.4 Å². The van der Waals surface area contributed by atoms with Gasteiger partial charge in [0, 0.05) is 12.2 Å². The van der Waals surface area contributed by atoms with Crippen molar-refractivity contribution in [1.29, 1.82) is 0 Å². The molecule has 1 amide bonds. The second kappa shape index (κ2) is 5.98. The molecule has 0 saturated heterocycles. The molecule has 1 saturated carbocycles. The molecule has 2 rings (SSSR count). The van der Waals surface area contributed by atoms with Gasteiger partial charge in [-0.1, -0.05) is 31.0 Å². The van der Waals surface area contributed by atoms with E-state index in [1.165, 1.54) is 0 Å². The molecule has 0 atom stereocenters. The van der Waals surface area contributed by atoms with Crippen molar-refractivity contribution < 1.29 is 9.90 Å². The second-order valence-corrected chi connectivity index (χ2v) is 4.95. The van der Waals surface area contributed by atoms with E-state index in [2.05, 4.69) is 10.6 Å². The molecule has 4 heteroatoms. The Labute approximate surface area is 107 Å². The molecule has 0 unspecified atom stereocenters. The van der Waals surface area contributed by atoms with E-state index in [1.54, 1.807) is 0 Å². The maximum atomic E-state index is 11.6. The van der Waals surface area contributed by atoms with Crippen LogP contribution in [0.4, 0.5) is 5.69 Å². The van der Waals surface area contributed by atoms with Gasteiger partial charge in [-0.3, -0.25) is 4.79 Å². The highest BCUT2D eigenvalue weighted by atomic mass is 16.3. The third kappa shape index (κ3) is 3.82. The Bertz CT molecular complexity index is 386. The Morgan fingerprint density at radius 3 is 2.56 bits per heavy atom. The molecule has 18 heavy (non-hydrogen) atoms.